The first kappa shape index (κ1) is 27.9. The van der Waals surface area contributed by atoms with Gasteiger partial charge in [-0.2, -0.15) is 5.10 Å². The maximum Gasteiger partial charge on any atom is 0.219 e. The van der Waals surface area contributed by atoms with Crippen LogP contribution in [0.5, 0.6) is 11.6 Å². The minimum absolute atomic E-state index is 0.162. The molecule has 4 aromatic rings. The third kappa shape index (κ3) is 7.32. The predicted molar refractivity (Wildman–Crippen MR) is 158 cm³/mol. The van der Waals surface area contributed by atoms with Gasteiger partial charge >= 0.3 is 0 Å². The summed E-state index contributed by atoms with van der Waals surface area (Å²) in [5.41, 5.74) is 3.93. The van der Waals surface area contributed by atoms with Crippen molar-refractivity contribution in [1.29, 1.82) is 0 Å². The van der Waals surface area contributed by atoms with Gasteiger partial charge < -0.3 is 14.4 Å². The van der Waals surface area contributed by atoms with Crippen molar-refractivity contribution in [3.63, 3.8) is 0 Å². The number of rotatable bonds is 11. The average molecular weight is 558 g/mol. The lowest BCUT2D eigenvalue weighted by atomic mass is 10.1. The number of amides is 1. The highest BCUT2D eigenvalue weighted by Crippen LogP contribution is 2.26. The van der Waals surface area contributed by atoms with E-state index >= 15 is 0 Å². The molecule has 1 saturated heterocycles. The summed E-state index contributed by atoms with van der Waals surface area (Å²) in [5.74, 6) is 1.41. The van der Waals surface area contributed by atoms with Crippen molar-refractivity contribution >= 4 is 25.6 Å². The summed E-state index contributed by atoms with van der Waals surface area (Å²) >= 11 is 0. The van der Waals surface area contributed by atoms with Gasteiger partial charge in [0.25, 0.3) is 0 Å². The van der Waals surface area contributed by atoms with E-state index in [9.17, 15) is 4.79 Å². The lowest BCUT2D eigenvalue weighted by Crippen LogP contribution is -2.48. The van der Waals surface area contributed by atoms with Crippen molar-refractivity contribution in [2.75, 3.05) is 39.3 Å². The second kappa shape index (κ2) is 13.2. The molecule has 1 aliphatic rings. The second-order valence-corrected chi connectivity index (χ2v) is 13.4. The van der Waals surface area contributed by atoms with Gasteiger partial charge in [0, 0.05) is 96.6 Å². The molecule has 0 unspecified atom stereocenters. The van der Waals surface area contributed by atoms with Gasteiger partial charge in [-0.05, 0) is 42.4 Å². The number of benzene rings is 1. The summed E-state index contributed by atoms with van der Waals surface area (Å²) in [5, 5.41) is 5.42. The van der Waals surface area contributed by atoms with E-state index in [1.807, 2.05) is 46.0 Å². The van der Waals surface area contributed by atoms with Crippen LogP contribution in [-0.2, 0) is 22.7 Å². The molecule has 10 heteroatoms. The molecule has 1 amide bonds. The Bertz CT molecular complexity index is 1420. The summed E-state index contributed by atoms with van der Waals surface area (Å²) in [7, 11) is -0.284. The van der Waals surface area contributed by atoms with Crippen LogP contribution in [0.15, 0.2) is 60.9 Å². The minimum atomic E-state index is -0.284. The number of pyridine rings is 2. The van der Waals surface area contributed by atoms with Crippen LogP contribution in [-0.4, -0.2) is 83.6 Å². The van der Waals surface area contributed by atoms with Gasteiger partial charge in [0.05, 0.1) is 11.2 Å². The van der Waals surface area contributed by atoms with Crippen LogP contribution < -0.4 is 4.74 Å². The van der Waals surface area contributed by atoms with E-state index in [2.05, 4.69) is 40.2 Å². The van der Waals surface area contributed by atoms with Crippen LogP contribution >= 0.6 is 0 Å². The second-order valence-electron chi connectivity index (χ2n) is 10.5. The van der Waals surface area contributed by atoms with Crippen molar-refractivity contribution in [3.05, 3.63) is 66.6 Å². The quantitative estimate of drug-likeness (QED) is 0.195. The van der Waals surface area contributed by atoms with Crippen molar-refractivity contribution in [2.24, 2.45) is 0 Å². The number of carbonyl (C=O) groups excluding carboxylic acids is 1. The number of hydrogen-bond donors (Lipinski definition) is 0. The fourth-order valence-electron chi connectivity index (χ4n) is 4.73. The molecule has 5 rings (SSSR count). The maximum absolute atomic E-state index is 11.5. The van der Waals surface area contributed by atoms with Gasteiger partial charge in [-0.25, -0.2) is 9.67 Å². The Morgan fingerprint density at radius 2 is 1.88 bits per heavy atom. The zero-order valence-electron chi connectivity index (χ0n) is 23.5. The highest BCUT2D eigenvalue weighted by Gasteiger charge is 2.18. The topological polar surface area (TPSA) is 85.6 Å². The standard InChI is InChI=1S/C30H37N6O3Si/c1-23(37)35-16-14-34(15-17-35)13-11-26-6-4-24-20-27(7-8-28(24)33-26)39-30-9-5-25(21-31-30)29-10-12-32-36(29)22-38-18-19-40(2)3/h4-10,12,20-21H,11,13-19,22H2,1-3H3. The molecule has 0 aliphatic carbocycles. The molecule has 1 fully saturated rings. The van der Waals surface area contributed by atoms with Gasteiger partial charge in [-0.3, -0.25) is 14.7 Å². The van der Waals surface area contributed by atoms with Crippen LogP contribution in [0.3, 0.4) is 0 Å². The molecule has 0 N–H and O–H groups in total. The molecule has 0 saturated carbocycles. The molecule has 0 spiro atoms. The van der Waals surface area contributed by atoms with Crippen LogP contribution in [0.25, 0.3) is 22.2 Å². The predicted octanol–water partition coefficient (Wildman–Crippen LogP) is 4.72. The minimum Gasteiger partial charge on any atom is -0.439 e. The van der Waals surface area contributed by atoms with E-state index in [1.54, 1.807) is 19.3 Å². The summed E-state index contributed by atoms with van der Waals surface area (Å²) in [6.45, 7) is 11.8. The van der Waals surface area contributed by atoms with Gasteiger partial charge in [-0.15, -0.1) is 0 Å². The van der Waals surface area contributed by atoms with Gasteiger partial charge in [0.15, 0.2) is 0 Å². The molecule has 40 heavy (non-hydrogen) atoms. The number of carbonyl (C=O) groups is 1. The Labute approximate surface area is 237 Å². The molecule has 209 valence electrons. The highest BCUT2D eigenvalue weighted by atomic mass is 28.3. The summed E-state index contributed by atoms with van der Waals surface area (Å²) < 4.78 is 13.7. The number of ether oxygens (including phenoxy) is 2. The number of nitrogens with zero attached hydrogens (tertiary/aromatic N) is 6. The maximum atomic E-state index is 11.5. The molecule has 1 aliphatic heterocycles. The lowest BCUT2D eigenvalue weighted by molar-refractivity contribution is -0.130. The summed E-state index contributed by atoms with van der Waals surface area (Å²) in [4.78, 5) is 25.2. The fourth-order valence-corrected chi connectivity index (χ4v) is 5.28. The van der Waals surface area contributed by atoms with Gasteiger partial charge in [0.2, 0.25) is 11.8 Å². The Hall–Kier alpha value is -3.60. The molecule has 1 aromatic carbocycles. The molecule has 4 heterocycles. The van der Waals surface area contributed by atoms with E-state index in [-0.39, 0.29) is 14.7 Å². The SMILES string of the molecule is CC(=O)N1CCN(CCc2ccc3cc(Oc4ccc(-c5ccnn5COCC[Si](C)C)cn4)ccc3n2)CC1. The zero-order chi connectivity index (χ0) is 27.9. The molecular weight excluding hydrogens is 520 g/mol. The molecule has 0 bridgehead atoms. The van der Waals surface area contributed by atoms with Crippen molar-refractivity contribution in [3.8, 4) is 22.9 Å². The Morgan fingerprint density at radius 1 is 1.02 bits per heavy atom. The van der Waals surface area contributed by atoms with E-state index in [1.165, 1.54) is 0 Å². The Balaban J connectivity index is 1.16. The van der Waals surface area contributed by atoms with Crippen LogP contribution in [0, 0.1) is 0 Å². The number of hydrogen-bond acceptors (Lipinski definition) is 7. The van der Waals surface area contributed by atoms with Crippen molar-refractivity contribution in [2.45, 2.75) is 39.2 Å². The third-order valence-corrected chi connectivity index (χ3v) is 8.36. The van der Waals surface area contributed by atoms with E-state index in [4.69, 9.17) is 14.5 Å². The van der Waals surface area contributed by atoms with Gasteiger partial charge in [0.1, 0.15) is 12.5 Å². The largest absolute Gasteiger partial charge is 0.439 e. The van der Waals surface area contributed by atoms with E-state index in [0.717, 1.165) is 85.4 Å². The first-order valence-electron chi connectivity index (χ1n) is 13.8. The average Bonchev–Trinajstić information content (AvgIpc) is 3.43. The van der Waals surface area contributed by atoms with E-state index in [0.29, 0.717) is 12.6 Å². The monoisotopic (exact) mass is 557 g/mol. The molecular formula is C30H37N6O3Si. The lowest BCUT2D eigenvalue weighted by Gasteiger charge is -2.34. The van der Waals surface area contributed by atoms with Crippen molar-refractivity contribution in [1.82, 2.24) is 29.5 Å². The Kier molecular flexibility index (Phi) is 9.20. The van der Waals surface area contributed by atoms with Crippen LogP contribution in [0.4, 0.5) is 0 Å². The Morgan fingerprint density at radius 3 is 2.62 bits per heavy atom. The molecule has 1 radical (unpaired) electrons. The smallest absolute Gasteiger partial charge is 0.219 e. The first-order chi connectivity index (χ1) is 19.4. The van der Waals surface area contributed by atoms with Gasteiger partial charge in [-0.1, -0.05) is 19.2 Å². The van der Waals surface area contributed by atoms with Crippen LogP contribution in [0.2, 0.25) is 19.1 Å². The summed E-state index contributed by atoms with van der Waals surface area (Å²) in [6.07, 6.45) is 4.47. The zero-order valence-corrected chi connectivity index (χ0v) is 24.5. The fraction of sp³-hybridized carbons (Fsp3) is 0.400. The third-order valence-electron chi connectivity index (χ3n) is 7.15. The van der Waals surface area contributed by atoms with E-state index < -0.39 is 0 Å². The molecule has 3 aromatic heterocycles. The normalized spacial score (nSPS) is 14.2. The number of piperazine rings is 1. The van der Waals surface area contributed by atoms with Crippen LogP contribution in [0.1, 0.15) is 12.6 Å². The summed E-state index contributed by atoms with van der Waals surface area (Å²) in [6, 6.07) is 17.1. The van der Waals surface area contributed by atoms with Crippen molar-refractivity contribution < 1.29 is 14.3 Å². The molecule has 9 nitrogen and oxygen atoms in total. The number of aromatic nitrogens is 4. The first-order valence-corrected chi connectivity index (χ1v) is 16.6. The molecule has 0 atom stereocenters. The number of fused-ring (bicyclic) bond motifs is 1. The highest BCUT2D eigenvalue weighted by molar-refractivity contribution is 6.55.